The number of methoxy groups -OCH3 is 1. The number of nitrogens with one attached hydrogen (secondary N) is 2. The monoisotopic (exact) mass is 297 g/mol. The first-order chi connectivity index (χ1) is 10.0. The van der Waals surface area contributed by atoms with Gasteiger partial charge in [0.15, 0.2) is 17.5 Å². The van der Waals surface area contributed by atoms with Crippen LogP contribution in [0.5, 0.6) is 0 Å². The molecule has 0 saturated heterocycles. The van der Waals surface area contributed by atoms with Gasteiger partial charge in [-0.1, -0.05) is 0 Å². The van der Waals surface area contributed by atoms with E-state index in [0.717, 1.165) is 12.1 Å². The van der Waals surface area contributed by atoms with Gasteiger partial charge in [0.25, 0.3) is 0 Å². The highest BCUT2D eigenvalue weighted by Crippen LogP contribution is 2.23. The Morgan fingerprint density at radius 2 is 1.90 bits per heavy atom. The van der Waals surface area contributed by atoms with E-state index in [9.17, 15) is 18.0 Å². The number of pyridine rings is 1. The second-order valence-electron chi connectivity index (χ2n) is 3.90. The number of aromatic nitrogens is 1. The van der Waals surface area contributed by atoms with Gasteiger partial charge in [-0.3, -0.25) is 5.32 Å². The third-order valence-corrected chi connectivity index (χ3v) is 2.49. The molecule has 2 aromatic rings. The summed E-state index contributed by atoms with van der Waals surface area (Å²) in [5.41, 5.74) is 0.0969. The van der Waals surface area contributed by atoms with E-state index in [4.69, 9.17) is 0 Å². The molecule has 2 N–H and O–H groups in total. The number of rotatable bonds is 3. The minimum atomic E-state index is -1.56. The molecule has 0 atom stereocenters. The molecule has 0 aliphatic carbocycles. The zero-order chi connectivity index (χ0) is 15.4. The Hall–Kier alpha value is -2.77. The Morgan fingerprint density at radius 1 is 1.14 bits per heavy atom. The topological polar surface area (TPSA) is 63.2 Å². The Kier molecular flexibility index (Phi) is 4.27. The average molecular weight is 297 g/mol. The predicted octanol–water partition coefficient (Wildman–Crippen LogP) is 3.42. The number of benzene rings is 1. The number of amides is 1. The van der Waals surface area contributed by atoms with Gasteiger partial charge in [-0.25, -0.2) is 22.9 Å². The van der Waals surface area contributed by atoms with Crippen LogP contribution in [-0.2, 0) is 4.74 Å². The second-order valence-corrected chi connectivity index (χ2v) is 3.90. The standard InChI is InChI=1S/C13H10F3N3O2/c1-21-13(20)19-10-5-2-7(6-17-10)18-9-4-3-8(14)11(15)12(9)16/h2-6,18H,1H3,(H,17,19,20). The lowest BCUT2D eigenvalue weighted by atomic mass is 10.2. The molecule has 2 rings (SSSR count). The number of nitrogens with zero attached hydrogens (tertiary/aromatic N) is 1. The molecule has 0 unspecified atom stereocenters. The highest BCUT2D eigenvalue weighted by atomic mass is 19.2. The molecule has 1 aromatic heterocycles. The fourth-order valence-electron chi connectivity index (χ4n) is 1.48. The van der Waals surface area contributed by atoms with Crippen LogP contribution in [0.3, 0.4) is 0 Å². The summed E-state index contributed by atoms with van der Waals surface area (Å²) in [5.74, 6) is -3.93. The maximum absolute atomic E-state index is 13.5. The average Bonchev–Trinajstić information content (AvgIpc) is 2.49. The van der Waals surface area contributed by atoms with Crippen molar-refractivity contribution in [1.29, 1.82) is 0 Å². The van der Waals surface area contributed by atoms with Gasteiger partial charge in [0.1, 0.15) is 5.82 Å². The van der Waals surface area contributed by atoms with Crippen LogP contribution < -0.4 is 10.6 Å². The SMILES string of the molecule is COC(=O)Nc1ccc(Nc2ccc(F)c(F)c2F)cn1. The van der Waals surface area contributed by atoms with E-state index in [1.54, 1.807) is 0 Å². The second kappa shape index (κ2) is 6.12. The molecule has 5 nitrogen and oxygen atoms in total. The summed E-state index contributed by atoms with van der Waals surface area (Å²) in [5, 5.41) is 4.87. The summed E-state index contributed by atoms with van der Waals surface area (Å²) in [6.07, 6.45) is 0.598. The van der Waals surface area contributed by atoms with Crippen molar-refractivity contribution in [2.45, 2.75) is 0 Å². The van der Waals surface area contributed by atoms with Gasteiger partial charge in [0.05, 0.1) is 24.7 Å². The van der Waals surface area contributed by atoms with E-state index in [-0.39, 0.29) is 11.5 Å². The maximum atomic E-state index is 13.5. The van der Waals surface area contributed by atoms with Gasteiger partial charge in [0, 0.05) is 0 Å². The number of carbonyl (C=O) groups excluding carboxylic acids is 1. The van der Waals surface area contributed by atoms with E-state index in [1.807, 2.05) is 0 Å². The molecule has 21 heavy (non-hydrogen) atoms. The molecule has 0 aliphatic rings. The van der Waals surface area contributed by atoms with E-state index < -0.39 is 23.5 Å². The predicted molar refractivity (Wildman–Crippen MR) is 69.9 cm³/mol. The molecule has 0 spiro atoms. The summed E-state index contributed by atoms with van der Waals surface area (Å²) in [7, 11) is 1.21. The molecule has 8 heteroatoms. The van der Waals surface area contributed by atoms with E-state index >= 15 is 0 Å². The first-order valence-electron chi connectivity index (χ1n) is 5.73. The van der Waals surface area contributed by atoms with Crippen molar-refractivity contribution in [3.63, 3.8) is 0 Å². The minimum absolute atomic E-state index is 0.221. The molecular weight excluding hydrogens is 287 g/mol. The van der Waals surface area contributed by atoms with E-state index in [1.165, 1.54) is 25.4 Å². The zero-order valence-electron chi connectivity index (χ0n) is 10.8. The van der Waals surface area contributed by atoms with Crippen LogP contribution in [0.2, 0.25) is 0 Å². The third kappa shape index (κ3) is 3.41. The summed E-state index contributed by atoms with van der Waals surface area (Å²) in [6.45, 7) is 0. The van der Waals surface area contributed by atoms with Crippen LogP contribution in [0.25, 0.3) is 0 Å². The molecule has 1 aromatic carbocycles. The van der Waals surface area contributed by atoms with Crippen molar-refractivity contribution in [3.05, 3.63) is 47.9 Å². The van der Waals surface area contributed by atoms with Crippen LogP contribution in [0.4, 0.5) is 35.2 Å². The number of ether oxygens (including phenoxy) is 1. The first kappa shape index (κ1) is 14.6. The molecule has 1 heterocycles. The van der Waals surface area contributed by atoms with E-state index in [2.05, 4.69) is 20.4 Å². The molecule has 0 radical (unpaired) electrons. The largest absolute Gasteiger partial charge is 0.453 e. The van der Waals surface area contributed by atoms with Crippen molar-refractivity contribution in [2.24, 2.45) is 0 Å². The van der Waals surface area contributed by atoms with Crippen LogP contribution in [0, 0.1) is 17.5 Å². The lowest BCUT2D eigenvalue weighted by Gasteiger charge is -2.09. The summed E-state index contributed by atoms with van der Waals surface area (Å²) >= 11 is 0. The van der Waals surface area contributed by atoms with Gasteiger partial charge in [-0.05, 0) is 24.3 Å². The normalized spacial score (nSPS) is 10.1. The first-order valence-corrected chi connectivity index (χ1v) is 5.73. The molecule has 0 fully saturated rings. The number of anilines is 3. The van der Waals surface area contributed by atoms with Crippen molar-refractivity contribution >= 4 is 23.3 Å². The lowest BCUT2D eigenvalue weighted by Crippen LogP contribution is -2.11. The Balaban J connectivity index is 2.14. The van der Waals surface area contributed by atoms with Gasteiger partial charge in [0.2, 0.25) is 0 Å². The molecule has 110 valence electrons. The quantitative estimate of drug-likeness (QED) is 0.852. The van der Waals surface area contributed by atoms with Crippen LogP contribution in [0.15, 0.2) is 30.5 Å². The number of halogens is 3. The fourth-order valence-corrected chi connectivity index (χ4v) is 1.48. The molecule has 1 amide bonds. The highest BCUT2D eigenvalue weighted by molar-refractivity contribution is 5.83. The fraction of sp³-hybridized carbons (Fsp3) is 0.0769. The van der Waals surface area contributed by atoms with Gasteiger partial charge >= 0.3 is 6.09 Å². The Morgan fingerprint density at radius 3 is 2.52 bits per heavy atom. The molecule has 0 saturated carbocycles. The van der Waals surface area contributed by atoms with Crippen molar-refractivity contribution in [1.82, 2.24) is 4.98 Å². The van der Waals surface area contributed by atoms with E-state index in [0.29, 0.717) is 5.69 Å². The number of hydrogen-bond donors (Lipinski definition) is 2. The van der Waals surface area contributed by atoms with Crippen molar-refractivity contribution < 1.29 is 22.7 Å². The number of carbonyl (C=O) groups is 1. The lowest BCUT2D eigenvalue weighted by molar-refractivity contribution is 0.187. The third-order valence-electron chi connectivity index (χ3n) is 2.49. The zero-order valence-corrected chi connectivity index (χ0v) is 10.8. The van der Waals surface area contributed by atoms with Crippen LogP contribution in [-0.4, -0.2) is 18.2 Å². The molecular formula is C13H10F3N3O2. The van der Waals surface area contributed by atoms with Gasteiger partial charge in [-0.15, -0.1) is 0 Å². The van der Waals surface area contributed by atoms with Crippen LogP contribution >= 0.6 is 0 Å². The molecule has 0 aliphatic heterocycles. The number of hydrogen-bond acceptors (Lipinski definition) is 4. The van der Waals surface area contributed by atoms with Crippen molar-refractivity contribution in [3.8, 4) is 0 Å². The Labute approximate surface area is 117 Å². The summed E-state index contributed by atoms with van der Waals surface area (Å²) in [4.78, 5) is 14.8. The minimum Gasteiger partial charge on any atom is -0.453 e. The highest BCUT2D eigenvalue weighted by Gasteiger charge is 2.13. The summed E-state index contributed by atoms with van der Waals surface area (Å²) < 4.78 is 43.7. The molecule has 0 bridgehead atoms. The van der Waals surface area contributed by atoms with Crippen molar-refractivity contribution in [2.75, 3.05) is 17.7 Å². The van der Waals surface area contributed by atoms with Crippen LogP contribution in [0.1, 0.15) is 0 Å². The Bertz CT molecular complexity index is 662. The van der Waals surface area contributed by atoms with Gasteiger partial charge < -0.3 is 10.1 Å². The summed E-state index contributed by atoms with van der Waals surface area (Å²) in [6, 6.07) is 4.77. The maximum Gasteiger partial charge on any atom is 0.412 e. The smallest absolute Gasteiger partial charge is 0.412 e. The van der Waals surface area contributed by atoms with Gasteiger partial charge in [-0.2, -0.15) is 0 Å².